The Balaban J connectivity index is 0.000000226. The Labute approximate surface area is 568 Å². The van der Waals surface area contributed by atoms with Crippen molar-refractivity contribution in [3.05, 3.63) is 137 Å². The number of nitrogens with one attached hydrogen (secondary N) is 3. The third kappa shape index (κ3) is 18.7. The molecular weight excluding hydrogens is 1500 g/mol. The first-order chi connectivity index (χ1) is 47.1. The number of nitrogen functional groups attached to an aromatic ring is 2. The number of hydrogen-bond acceptors (Lipinski definition) is 19. The van der Waals surface area contributed by atoms with E-state index in [0.29, 0.717) is 51.9 Å². The van der Waals surface area contributed by atoms with Crippen LogP contribution in [0.15, 0.2) is 84.1 Å². The van der Waals surface area contributed by atoms with Crippen LogP contribution in [0.4, 0.5) is 113 Å². The number of sulfone groups is 3. The molecule has 9 rings (SSSR count). The molecule has 6 aromatic heterocycles. The van der Waals surface area contributed by atoms with Crippen molar-refractivity contribution in [1.29, 1.82) is 0 Å². The highest BCUT2D eigenvalue weighted by molar-refractivity contribution is 7.92. The molecule has 8 N–H and O–H groups in total. The molecule has 566 valence electrons. The van der Waals surface area contributed by atoms with Crippen LogP contribution in [0.2, 0.25) is 0 Å². The number of nitrogens with zero attached hydrogens (tertiary/aromatic N) is 7. The number of nitrogens with two attached hydrogens (primary N) is 2. The predicted molar refractivity (Wildman–Crippen MR) is 328 cm³/mol. The SMILES string of the molecule is CCS(=O)(=O)c1cc(C(F)(F)F)cnc1C(=O)N(C)c1c(N)cc(C(F)(F)F)n(C2CC2)c1=O.CCS(=O)(=O)c1cc(C(F)(F)F)cnc1C(=O)Nc1cc(C(F)(F)F)n(C2CC2)c(=O)c1NC.CCS(=O)(=O)c1cc(C(F)(F)F)cnc1C(=O)O.CNc1c(N)cc(C(F)(F)F)n(C2CC2)c1=O. The lowest BCUT2D eigenvalue weighted by Crippen LogP contribution is -2.38. The van der Waals surface area contributed by atoms with Crippen molar-refractivity contribution in [3.63, 3.8) is 0 Å². The molecule has 0 spiro atoms. The quantitative estimate of drug-likeness (QED) is 0.0490. The molecule has 6 aromatic rings. The Kier molecular flexibility index (Phi) is 23.8. The fraction of sp³-hybridized carbons (Fsp3) is 0.421. The van der Waals surface area contributed by atoms with E-state index in [9.17, 15) is 133 Å². The lowest BCUT2D eigenvalue weighted by molar-refractivity contribution is -0.145. The standard InChI is InChI=1S/2C19H18F6N4O4S.C10H12F3N3O.C9H8F3NO4S/c1-3-34(32,33)12-6-9(18(20,21)22)8-27-14(12)16(30)28(2)15-11(26)7-13(19(23,24)25)29(17(15)31)10-4-5-10;1-3-34(32,33)12-6-9(18(20,21)22)8-27-15(12)16(30)28-11-7-13(19(23,24)25)29(10-4-5-10)17(31)14(11)26-2;1-15-8-6(14)4-7(10(11,12)13)16(9(8)17)5-2-3-5;1-2-18(16,17)6-3-5(9(10,11)12)4-13-7(6)8(14)15/h6-8,10H,3-5,26H2,1-2H3;6-8,10,26H,3-5H2,1-2H3,(H,28,30);4-5,15H,2-3,14H2,1H3;3-4H,2H2,1H3,(H,14,15). The van der Waals surface area contributed by atoms with Crippen LogP contribution >= 0.6 is 0 Å². The second kappa shape index (κ2) is 29.7. The van der Waals surface area contributed by atoms with Gasteiger partial charge in [0, 0.05) is 57.9 Å². The Morgan fingerprint density at radius 1 is 0.485 bits per heavy atom. The zero-order valence-electron chi connectivity index (χ0n) is 53.5. The average Bonchev–Trinajstić information content (AvgIpc) is 1.70. The molecule has 3 aliphatic rings. The fourth-order valence-corrected chi connectivity index (χ4v) is 12.6. The van der Waals surface area contributed by atoms with Crippen LogP contribution in [0.5, 0.6) is 0 Å². The molecule has 0 unspecified atom stereocenters. The summed E-state index contributed by atoms with van der Waals surface area (Å²) in [5.74, 6) is -6.31. The van der Waals surface area contributed by atoms with Crippen molar-refractivity contribution >= 4 is 81.4 Å². The van der Waals surface area contributed by atoms with Gasteiger partial charge in [0.15, 0.2) is 35.2 Å². The van der Waals surface area contributed by atoms with Crippen molar-refractivity contribution in [3.8, 4) is 0 Å². The topological polar surface area (TPSA) is 370 Å². The number of aromatic carboxylic acids is 1. The van der Waals surface area contributed by atoms with E-state index in [2.05, 4.69) is 25.6 Å². The number of hydrogen-bond donors (Lipinski definition) is 6. The minimum Gasteiger partial charge on any atom is -0.476 e. The second-order valence-electron chi connectivity index (χ2n) is 22.3. The van der Waals surface area contributed by atoms with E-state index < -0.39 is 219 Å². The van der Waals surface area contributed by atoms with E-state index in [1.807, 2.05) is 5.32 Å². The molecule has 6 heterocycles. The zero-order chi connectivity index (χ0) is 78.4. The maximum absolute atomic E-state index is 13.6. The molecule has 103 heavy (non-hydrogen) atoms. The van der Waals surface area contributed by atoms with Gasteiger partial charge in [-0.2, -0.15) is 79.0 Å². The molecule has 0 bridgehead atoms. The minimum atomic E-state index is -4.96. The van der Waals surface area contributed by atoms with Gasteiger partial charge in [-0.25, -0.2) is 45.0 Å². The molecule has 3 saturated carbocycles. The number of carboxylic acids is 1. The Hall–Kier alpha value is -9.50. The van der Waals surface area contributed by atoms with Gasteiger partial charge in [0.05, 0.1) is 60.8 Å². The number of aromatic nitrogens is 6. The third-order valence-electron chi connectivity index (χ3n) is 15.1. The maximum Gasteiger partial charge on any atom is 0.431 e. The first-order valence-corrected chi connectivity index (χ1v) is 34.2. The molecule has 0 atom stereocenters. The molecule has 3 fully saturated rings. The summed E-state index contributed by atoms with van der Waals surface area (Å²) in [4.78, 5) is 81.4. The van der Waals surface area contributed by atoms with Crippen LogP contribution in [-0.2, 0) is 66.6 Å². The lowest BCUT2D eigenvalue weighted by Gasteiger charge is -2.23. The van der Waals surface area contributed by atoms with Crippen LogP contribution < -0.4 is 49.0 Å². The third-order valence-corrected chi connectivity index (χ3v) is 20.3. The van der Waals surface area contributed by atoms with Crippen molar-refractivity contribution in [2.75, 3.05) is 70.7 Å². The first-order valence-electron chi connectivity index (χ1n) is 29.3. The summed E-state index contributed by atoms with van der Waals surface area (Å²) >= 11 is 0. The van der Waals surface area contributed by atoms with E-state index >= 15 is 0 Å². The van der Waals surface area contributed by atoms with Crippen LogP contribution in [0, 0.1) is 0 Å². The van der Waals surface area contributed by atoms with Gasteiger partial charge < -0.3 is 37.4 Å². The Bertz CT molecular complexity index is 4850. The van der Waals surface area contributed by atoms with Gasteiger partial charge in [-0.05, 0) is 74.9 Å². The van der Waals surface area contributed by atoms with Gasteiger partial charge in [-0.3, -0.25) is 37.7 Å². The van der Waals surface area contributed by atoms with Crippen LogP contribution in [0.3, 0.4) is 0 Å². The summed E-state index contributed by atoms with van der Waals surface area (Å²) in [6.45, 7) is 3.46. The van der Waals surface area contributed by atoms with Gasteiger partial charge in [-0.15, -0.1) is 0 Å². The summed E-state index contributed by atoms with van der Waals surface area (Å²) in [5, 5.41) is 15.6. The minimum absolute atomic E-state index is 0.0184. The Morgan fingerprint density at radius 3 is 1.13 bits per heavy atom. The summed E-state index contributed by atoms with van der Waals surface area (Å²) in [6.07, 6.45) is -25.9. The number of alkyl halides is 18. The summed E-state index contributed by atoms with van der Waals surface area (Å²) in [5.41, 5.74) is -5.15. The van der Waals surface area contributed by atoms with Gasteiger partial charge in [0.25, 0.3) is 28.5 Å². The molecule has 0 aromatic carbocycles. The number of anilines is 6. The second-order valence-corrected chi connectivity index (χ2v) is 29.0. The van der Waals surface area contributed by atoms with Gasteiger partial charge in [0.1, 0.15) is 50.4 Å². The molecule has 46 heteroatoms. The van der Waals surface area contributed by atoms with Gasteiger partial charge in [0.2, 0.25) is 0 Å². The summed E-state index contributed by atoms with van der Waals surface area (Å²) < 4.78 is 310. The van der Waals surface area contributed by atoms with Gasteiger partial charge in [-0.1, -0.05) is 20.8 Å². The smallest absolute Gasteiger partial charge is 0.431 e. The van der Waals surface area contributed by atoms with E-state index in [4.69, 9.17) is 16.6 Å². The normalized spacial score (nSPS) is 14.6. The molecule has 0 saturated heterocycles. The monoisotopic (exact) mass is 1550 g/mol. The highest BCUT2D eigenvalue weighted by Crippen LogP contribution is 2.45. The maximum atomic E-state index is 13.6. The van der Waals surface area contributed by atoms with E-state index in [1.54, 1.807) is 0 Å². The van der Waals surface area contributed by atoms with E-state index in [1.165, 1.54) is 21.0 Å². The molecular formula is C57H56F18N12O13S3. The van der Waals surface area contributed by atoms with Crippen LogP contribution in [0.1, 0.15) is 143 Å². The summed E-state index contributed by atoms with van der Waals surface area (Å²) in [6, 6.07) is 0.751. The van der Waals surface area contributed by atoms with Crippen LogP contribution in [0.25, 0.3) is 0 Å². The van der Waals surface area contributed by atoms with Crippen LogP contribution in [-0.4, -0.2) is 115 Å². The molecule has 0 radical (unpaired) electrons. The number of amides is 2. The number of halogens is 18. The largest absolute Gasteiger partial charge is 0.476 e. The highest BCUT2D eigenvalue weighted by Gasteiger charge is 2.45. The number of rotatable bonds is 16. The van der Waals surface area contributed by atoms with Crippen molar-refractivity contribution < 1.29 is 124 Å². The van der Waals surface area contributed by atoms with Crippen molar-refractivity contribution in [2.45, 2.75) is 129 Å². The molecule has 0 aliphatic heterocycles. The average molecular weight is 1560 g/mol. The van der Waals surface area contributed by atoms with Crippen molar-refractivity contribution in [2.24, 2.45) is 0 Å². The van der Waals surface area contributed by atoms with Gasteiger partial charge >= 0.3 is 43.0 Å². The highest BCUT2D eigenvalue weighted by atomic mass is 32.2. The van der Waals surface area contributed by atoms with Crippen molar-refractivity contribution in [1.82, 2.24) is 28.7 Å². The lowest BCUT2D eigenvalue weighted by atomic mass is 10.2. The molecule has 25 nitrogen and oxygen atoms in total. The van der Waals surface area contributed by atoms with E-state index in [0.717, 1.165) is 31.5 Å². The van der Waals surface area contributed by atoms with E-state index in [-0.39, 0.29) is 67.0 Å². The molecule has 3 aliphatic carbocycles. The number of carbonyl (C=O) groups is 3. The number of carboxylic acid groups (broad SMARTS) is 1. The number of pyridine rings is 6. The number of carbonyl (C=O) groups excluding carboxylic acids is 2. The molecule has 2 amide bonds. The summed E-state index contributed by atoms with van der Waals surface area (Å²) in [7, 11) is -9.29. The Morgan fingerprint density at radius 2 is 0.796 bits per heavy atom. The predicted octanol–water partition coefficient (Wildman–Crippen LogP) is 10.4. The fourth-order valence-electron chi connectivity index (χ4n) is 9.48. The first kappa shape index (κ1) is 82.5. The zero-order valence-corrected chi connectivity index (χ0v) is 55.9.